The van der Waals surface area contributed by atoms with Crippen LogP contribution in [-0.2, 0) is 6.54 Å². The number of hydrogen-bond acceptors (Lipinski definition) is 2. The lowest BCUT2D eigenvalue weighted by Crippen LogP contribution is -2.25. The lowest BCUT2D eigenvalue weighted by molar-refractivity contribution is 0.151. The molecule has 0 aromatic heterocycles. The fourth-order valence-electron chi connectivity index (χ4n) is 1.87. The molecular formula is C13H17F2NS. The van der Waals surface area contributed by atoms with Crippen LogP contribution in [0.2, 0.25) is 0 Å². The molecule has 0 radical (unpaired) electrons. The molecule has 0 saturated heterocycles. The van der Waals surface area contributed by atoms with E-state index in [2.05, 4.69) is 11.6 Å². The molecule has 0 unspecified atom stereocenters. The minimum Gasteiger partial charge on any atom is -0.311 e. The lowest BCUT2D eigenvalue weighted by atomic mass is 10.1. The van der Waals surface area contributed by atoms with Crippen molar-refractivity contribution >= 4 is 11.8 Å². The van der Waals surface area contributed by atoms with Gasteiger partial charge in [0.25, 0.3) is 6.43 Å². The zero-order valence-electron chi connectivity index (χ0n) is 9.88. The molecule has 0 atom stereocenters. The van der Waals surface area contributed by atoms with Crippen molar-refractivity contribution in [2.75, 3.05) is 12.8 Å². The Hall–Kier alpha value is -0.610. The number of benzene rings is 1. The summed E-state index contributed by atoms with van der Waals surface area (Å²) in [5.74, 6) is 0. The number of nitrogens with one attached hydrogen (secondary N) is 1. The average molecular weight is 257 g/mol. The largest absolute Gasteiger partial charge is 0.311 e. The third-order valence-electron chi connectivity index (χ3n) is 3.22. The Balaban J connectivity index is 1.84. The zero-order valence-corrected chi connectivity index (χ0v) is 10.7. The average Bonchev–Trinajstić information content (AvgIpc) is 3.10. The van der Waals surface area contributed by atoms with Crippen molar-refractivity contribution in [1.82, 2.24) is 5.32 Å². The van der Waals surface area contributed by atoms with Gasteiger partial charge in [0.1, 0.15) is 0 Å². The highest BCUT2D eigenvalue weighted by atomic mass is 32.2. The van der Waals surface area contributed by atoms with Gasteiger partial charge >= 0.3 is 0 Å². The smallest absolute Gasteiger partial charge is 0.263 e. The van der Waals surface area contributed by atoms with Gasteiger partial charge < -0.3 is 5.32 Å². The van der Waals surface area contributed by atoms with Crippen LogP contribution >= 0.6 is 11.8 Å². The van der Waals surface area contributed by atoms with E-state index in [9.17, 15) is 8.78 Å². The highest BCUT2D eigenvalue weighted by Crippen LogP contribution is 2.46. The van der Waals surface area contributed by atoms with Crippen molar-refractivity contribution in [3.8, 4) is 0 Å². The predicted molar refractivity (Wildman–Crippen MR) is 68.6 cm³/mol. The summed E-state index contributed by atoms with van der Waals surface area (Å²) in [6, 6.07) is 6.63. The highest BCUT2D eigenvalue weighted by Gasteiger charge is 2.41. The highest BCUT2D eigenvalue weighted by molar-refractivity contribution is 8.00. The van der Waals surface area contributed by atoms with Crippen molar-refractivity contribution in [2.45, 2.75) is 30.6 Å². The van der Waals surface area contributed by atoms with E-state index in [1.807, 2.05) is 17.8 Å². The predicted octanol–water partition coefficient (Wildman–Crippen LogP) is 3.61. The second-order valence-corrected chi connectivity index (χ2v) is 5.81. The van der Waals surface area contributed by atoms with Gasteiger partial charge in [-0.2, -0.15) is 11.8 Å². The first kappa shape index (κ1) is 12.8. The van der Waals surface area contributed by atoms with E-state index in [1.165, 1.54) is 18.9 Å². The molecule has 4 heteroatoms. The molecule has 1 aliphatic rings. The molecule has 1 saturated carbocycles. The Morgan fingerprint density at radius 3 is 2.76 bits per heavy atom. The minimum atomic E-state index is -2.38. The molecule has 1 nitrogen and oxygen atoms in total. The Labute approximate surface area is 105 Å². The molecule has 0 aliphatic heterocycles. The minimum absolute atomic E-state index is 0.107. The monoisotopic (exact) mass is 257 g/mol. The molecule has 1 aromatic rings. The zero-order chi connectivity index (χ0) is 12.3. The topological polar surface area (TPSA) is 12.0 Å². The van der Waals surface area contributed by atoms with Gasteiger partial charge in [0.2, 0.25) is 0 Å². The van der Waals surface area contributed by atoms with E-state index >= 15 is 0 Å². The molecule has 1 aliphatic carbocycles. The fourth-order valence-corrected chi connectivity index (χ4v) is 2.62. The second-order valence-electron chi connectivity index (χ2n) is 4.54. The van der Waals surface area contributed by atoms with Gasteiger partial charge in [0.05, 0.1) is 0 Å². The number of alkyl halides is 2. The summed E-state index contributed by atoms with van der Waals surface area (Å²) in [7, 11) is 0. The number of thioether (sulfide) groups is 1. The Kier molecular flexibility index (Phi) is 4.05. The van der Waals surface area contributed by atoms with Crippen molar-refractivity contribution in [2.24, 2.45) is 0 Å². The molecule has 0 amide bonds. The fraction of sp³-hybridized carbons (Fsp3) is 0.538. The summed E-state index contributed by atoms with van der Waals surface area (Å²) in [4.78, 5) is 0. The third kappa shape index (κ3) is 3.42. The van der Waals surface area contributed by atoms with E-state index in [4.69, 9.17) is 0 Å². The van der Waals surface area contributed by atoms with Crippen LogP contribution in [0.5, 0.6) is 0 Å². The van der Waals surface area contributed by atoms with Gasteiger partial charge in [-0.15, -0.1) is 0 Å². The molecule has 0 bridgehead atoms. The van der Waals surface area contributed by atoms with Crippen molar-refractivity contribution in [3.63, 3.8) is 0 Å². The van der Waals surface area contributed by atoms with Crippen LogP contribution in [0, 0.1) is 0 Å². The first-order valence-corrected chi connectivity index (χ1v) is 7.00. The Bertz CT molecular complexity index is 377. The molecule has 1 aromatic carbocycles. The molecule has 1 N–H and O–H groups in total. The summed E-state index contributed by atoms with van der Waals surface area (Å²) in [6.45, 7) is 1.63. The normalized spacial score (nSPS) is 17.4. The number of halogens is 2. The van der Waals surface area contributed by atoms with Crippen LogP contribution < -0.4 is 5.32 Å². The first-order valence-electron chi connectivity index (χ1n) is 5.78. The van der Waals surface area contributed by atoms with Crippen molar-refractivity contribution in [1.29, 1.82) is 0 Å². The molecule has 2 rings (SSSR count). The summed E-state index contributed by atoms with van der Waals surface area (Å²) in [6.07, 6.45) is 2.28. The maximum absolute atomic E-state index is 12.5. The van der Waals surface area contributed by atoms with Crippen molar-refractivity contribution in [3.05, 3.63) is 35.4 Å². The molecule has 1 fully saturated rings. The van der Waals surface area contributed by atoms with Crippen LogP contribution in [0.3, 0.4) is 0 Å². The van der Waals surface area contributed by atoms with Crippen LogP contribution in [0.15, 0.2) is 24.3 Å². The Morgan fingerprint density at radius 1 is 1.41 bits per heavy atom. The van der Waals surface area contributed by atoms with Crippen LogP contribution in [0.1, 0.15) is 30.4 Å². The van der Waals surface area contributed by atoms with E-state index in [-0.39, 0.29) is 5.56 Å². The van der Waals surface area contributed by atoms with Gasteiger partial charge in [-0.05, 0) is 30.7 Å². The molecule has 0 heterocycles. The second kappa shape index (κ2) is 5.36. The van der Waals surface area contributed by atoms with Gasteiger partial charge in [0.15, 0.2) is 0 Å². The SMILES string of the molecule is CSC1(CNCc2cccc(C(F)F)c2)CC1. The first-order chi connectivity index (χ1) is 8.15. The summed E-state index contributed by atoms with van der Waals surface area (Å²) < 4.78 is 25.4. The summed E-state index contributed by atoms with van der Waals surface area (Å²) in [5, 5.41) is 3.36. The number of rotatable bonds is 6. The quantitative estimate of drug-likeness (QED) is 0.835. The number of hydrogen-bond donors (Lipinski definition) is 1. The standard InChI is InChI=1S/C13H17F2NS/c1-17-13(5-6-13)9-16-8-10-3-2-4-11(7-10)12(14)15/h2-4,7,12,16H,5-6,8-9H2,1H3. The van der Waals surface area contributed by atoms with E-state index in [1.54, 1.807) is 12.1 Å². The van der Waals surface area contributed by atoms with Gasteiger partial charge in [-0.1, -0.05) is 18.2 Å². The Morgan fingerprint density at radius 2 is 2.18 bits per heavy atom. The lowest BCUT2D eigenvalue weighted by Gasteiger charge is -2.13. The van der Waals surface area contributed by atoms with Crippen LogP contribution in [0.25, 0.3) is 0 Å². The summed E-state index contributed by atoms with van der Waals surface area (Å²) >= 11 is 1.90. The maximum Gasteiger partial charge on any atom is 0.263 e. The molecule has 17 heavy (non-hydrogen) atoms. The van der Waals surface area contributed by atoms with E-state index < -0.39 is 6.43 Å². The van der Waals surface area contributed by atoms with Gasteiger partial charge in [-0.25, -0.2) is 8.78 Å². The van der Waals surface area contributed by atoms with E-state index in [0.29, 0.717) is 11.3 Å². The van der Waals surface area contributed by atoms with Gasteiger partial charge in [0, 0.05) is 23.4 Å². The van der Waals surface area contributed by atoms with Crippen LogP contribution in [0.4, 0.5) is 8.78 Å². The van der Waals surface area contributed by atoms with Gasteiger partial charge in [-0.3, -0.25) is 0 Å². The molecule has 94 valence electrons. The molecular weight excluding hydrogens is 240 g/mol. The summed E-state index contributed by atoms with van der Waals surface area (Å²) in [5.41, 5.74) is 1.04. The molecule has 0 spiro atoms. The van der Waals surface area contributed by atoms with E-state index in [0.717, 1.165) is 12.1 Å². The third-order valence-corrected chi connectivity index (χ3v) is 4.64. The van der Waals surface area contributed by atoms with Crippen LogP contribution in [-0.4, -0.2) is 17.5 Å². The maximum atomic E-state index is 12.5. The van der Waals surface area contributed by atoms with Crippen molar-refractivity contribution < 1.29 is 8.78 Å².